The molecule has 0 aliphatic carbocycles. The van der Waals surface area contributed by atoms with Crippen LogP contribution in [0.25, 0.3) is 0 Å². The minimum Gasteiger partial charge on any atom is -0.373 e. The first-order chi connectivity index (χ1) is 12.1. The number of anilines is 3. The molecule has 2 aromatic carbocycles. The van der Waals surface area contributed by atoms with Crippen LogP contribution in [0.2, 0.25) is 0 Å². The number of rotatable bonds is 3. The minimum absolute atomic E-state index is 0.131. The Labute approximate surface area is 147 Å². The van der Waals surface area contributed by atoms with E-state index in [4.69, 9.17) is 0 Å². The van der Waals surface area contributed by atoms with Gasteiger partial charge in [0.05, 0.1) is 0 Å². The van der Waals surface area contributed by atoms with Crippen molar-refractivity contribution in [2.45, 2.75) is 32.2 Å². The van der Waals surface area contributed by atoms with Gasteiger partial charge in [0, 0.05) is 42.1 Å². The second-order valence-corrected chi connectivity index (χ2v) is 6.85. The molecule has 130 valence electrons. The normalized spacial score (nSPS) is 18.8. The largest absolute Gasteiger partial charge is 0.373 e. The summed E-state index contributed by atoms with van der Waals surface area (Å²) in [6.45, 7) is 4.05. The van der Waals surface area contributed by atoms with E-state index in [9.17, 15) is 9.18 Å². The summed E-state index contributed by atoms with van der Waals surface area (Å²) < 4.78 is 14.0. The van der Waals surface area contributed by atoms with Gasteiger partial charge in [0.1, 0.15) is 11.9 Å². The second-order valence-electron chi connectivity index (χ2n) is 6.85. The molecule has 5 heteroatoms. The zero-order valence-corrected chi connectivity index (χ0v) is 14.3. The van der Waals surface area contributed by atoms with Gasteiger partial charge in [0.25, 0.3) is 0 Å². The van der Waals surface area contributed by atoms with Crippen LogP contribution in [0.5, 0.6) is 0 Å². The lowest BCUT2D eigenvalue weighted by molar-refractivity contribution is -0.116. The number of hydrogen-bond acceptors (Lipinski definition) is 3. The predicted molar refractivity (Wildman–Crippen MR) is 98.8 cm³/mol. The van der Waals surface area contributed by atoms with Crippen LogP contribution in [0.15, 0.2) is 36.4 Å². The van der Waals surface area contributed by atoms with Gasteiger partial charge in [-0.2, -0.15) is 0 Å². The topological polar surface area (TPSA) is 44.4 Å². The Bertz CT molecular complexity index is 784. The van der Waals surface area contributed by atoms with Crippen molar-refractivity contribution in [1.29, 1.82) is 0 Å². The summed E-state index contributed by atoms with van der Waals surface area (Å²) in [7, 11) is 0. The maximum atomic E-state index is 14.0. The lowest BCUT2D eigenvalue weighted by atomic mass is 10.1. The Hall–Kier alpha value is -2.56. The van der Waals surface area contributed by atoms with Crippen molar-refractivity contribution >= 4 is 23.0 Å². The van der Waals surface area contributed by atoms with Gasteiger partial charge < -0.3 is 15.5 Å². The summed E-state index contributed by atoms with van der Waals surface area (Å²) in [6, 6.07) is 10.7. The van der Waals surface area contributed by atoms with Gasteiger partial charge in [-0.25, -0.2) is 4.39 Å². The number of halogens is 1. The molecule has 1 fully saturated rings. The Morgan fingerprint density at radius 1 is 1.24 bits per heavy atom. The van der Waals surface area contributed by atoms with Gasteiger partial charge in [-0.15, -0.1) is 0 Å². The number of benzene rings is 2. The van der Waals surface area contributed by atoms with E-state index in [1.165, 1.54) is 18.9 Å². The van der Waals surface area contributed by atoms with Crippen molar-refractivity contribution in [3.05, 3.63) is 53.3 Å². The number of carbonyl (C=O) groups is 1. The molecule has 2 aliphatic heterocycles. The number of amides is 1. The van der Waals surface area contributed by atoms with Gasteiger partial charge in [0.2, 0.25) is 5.91 Å². The van der Waals surface area contributed by atoms with Gasteiger partial charge in [0.15, 0.2) is 0 Å². The van der Waals surface area contributed by atoms with Crippen LogP contribution in [0.4, 0.5) is 21.5 Å². The Kier molecular flexibility index (Phi) is 4.07. The molecule has 0 saturated carbocycles. The molecule has 1 unspecified atom stereocenters. The fourth-order valence-electron chi connectivity index (χ4n) is 3.71. The average Bonchev–Trinajstić information content (AvgIpc) is 3.28. The first-order valence-corrected chi connectivity index (χ1v) is 8.82. The van der Waals surface area contributed by atoms with E-state index in [0.29, 0.717) is 12.0 Å². The molecular weight excluding hydrogens is 317 g/mol. The molecule has 2 aromatic rings. The fourth-order valence-corrected chi connectivity index (χ4v) is 3.71. The maximum Gasteiger partial charge on any atom is 0.247 e. The van der Waals surface area contributed by atoms with Crippen LogP contribution in [0.3, 0.4) is 0 Å². The lowest BCUT2D eigenvalue weighted by Crippen LogP contribution is -2.33. The fraction of sp³-hybridized carbons (Fsp3) is 0.350. The SMILES string of the molecule is Cc1ccc(F)c2c1NC(C(=O)Nc1cccc(N3CCCC3)c1)C2. The molecule has 2 heterocycles. The van der Waals surface area contributed by atoms with Crippen LogP contribution in [0, 0.1) is 12.7 Å². The monoisotopic (exact) mass is 339 g/mol. The quantitative estimate of drug-likeness (QED) is 0.896. The molecule has 25 heavy (non-hydrogen) atoms. The summed E-state index contributed by atoms with van der Waals surface area (Å²) in [5.74, 6) is -0.381. The first kappa shape index (κ1) is 15.9. The van der Waals surface area contributed by atoms with E-state index in [1.54, 1.807) is 6.07 Å². The molecule has 0 bridgehead atoms. The molecule has 1 atom stereocenters. The first-order valence-electron chi connectivity index (χ1n) is 8.82. The highest BCUT2D eigenvalue weighted by Crippen LogP contribution is 2.32. The van der Waals surface area contributed by atoms with Crippen molar-refractivity contribution in [3.8, 4) is 0 Å². The molecular formula is C20H22FN3O. The van der Waals surface area contributed by atoms with Gasteiger partial charge >= 0.3 is 0 Å². The van der Waals surface area contributed by atoms with Gasteiger partial charge in [-0.05, 0) is 49.6 Å². The van der Waals surface area contributed by atoms with Crippen molar-refractivity contribution in [2.24, 2.45) is 0 Å². The minimum atomic E-state index is -0.443. The molecule has 1 saturated heterocycles. The number of hydrogen-bond donors (Lipinski definition) is 2. The third-order valence-corrected chi connectivity index (χ3v) is 5.09. The Morgan fingerprint density at radius 2 is 2.04 bits per heavy atom. The van der Waals surface area contributed by atoms with Crippen molar-refractivity contribution < 1.29 is 9.18 Å². The van der Waals surface area contributed by atoms with Crippen molar-refractivity contribution in [2.75, 3.05) is 28.6 Å². The Balaban J connectivity index is 1.47. The van der Waals surface area contributed by atoms with Crippen LogP contribution in [-0.4, -0.2) is 25.0 Å². The van der Waals surface area contributed by atoms with E-state index in [1.807, 2.05) is 25.1 Å². The molecule has 1 amide bonds. The van der Waals surface area contributed by atoms with E-state index >= 15 is 0 Å². The molecule has 4 rings (SSSR count). The van der Waals surface area contributed by atoms with E-state index < -0.39 is 6.04 Å². The van der Waals surface area contributed by atoms with Crippen LogP contribution in [-0.2, 0) is 11.2 Å². The second kappa shape index (κ2) is 6.39. The number of carbonyl (C=O) groups excluding carboxylic acids is 1. The van der Waals surface area contributed by atoms with Gasteiger partial charge in [-0.1, -0.05) is 12.1 Å². The maximum absolute atomic E-state index is 14.0. The van der Waals surface area contributed by atoms with E-state index in [0.717, 1.165) is 35.7 Å². The summed E-state index contributed by atoms with van der Waals surface area (Å²) in [6.07, 6.45) is 2.80. The molecule has 0 aromatic heterocycles. The molecule has 4 nitrogen and oxygen atoms in total. The standard InChI is InChI=1S/C20H22FN3O/c1-13-7-8-17(21)16-12-18(23-19(13)16)20(25)22-14-5-4-6-15(11-14)24-9-2-3-10-24/h4-8,11,18,23H,2-3,9-10,12H2,1H3,(H,22,25). The highest BCUT2D eigenvalue weighted by Gasteiger charge is 2.30. The van der Waals surface area contributed by atoms with Crippen LogP contribution < -0.4 is 15.5 Å². The van der Waals surface area contributed by atoms with E-state index in [-0.39, 0.29) is 11.7 Å². The Morgan fingerprint density at radius 3 is 2.80 bits per heavy atom. The molecule has 2 N–H and O–H groups in total. The molecule has 0 spiro atoms. The van der Waals surface area contributed by atoms with Crippen molar-refractivity contribution in [1.82, 2.24) is 0 Å². The zero-order valence-electron chi connectivity index (χ0n) is 14.3. The van der Waals surface area contributed by atoms with Crippen LogP contribution in [0.1, 0.15) is 24.0 Å². The average molecular weight is 339 g/mol. The number of nitrogens with zero attached hydrogens (tertiary/aromatic N) is 1. The van der Waals surface area contributed by atoms with Crippen molar-refractivity contribution in [3.63, 3.8) is 0 Å². The lowest BCUT2D eigenvalue weighted by Gasteiger charge is -2.19. The van der Waals surface area contributed by atoms with Gasteiger partial charge in [-0.3, -0.25) is 4.79 Å². The van der Waals surface area contributed by atoms with E-state index in [2.05, 4.69) is 21.6 Å². The molecule has 2 aliphatic rings. The number of fused-ring (bicyclic) bond motifs is 1. The predicted octanol–water partition coefficient (Wildman–Crippen LogP) is 3.71. The summed E-state index contributed by atoms with van der Waals surface area (Å²) >= 11 is 0. The number of aryl methyl sites for hydroxylation is 1. The summed E-state index contributed by atoms with van der Waals surface area (Å²) in [5.41, 5.74) is 4.24. The third-order valence-electron chi connectivity index (χ3n) is 5.09. The highest BCUT2D eigenvalue weighted by atomic mass is 19.1. The summed E-state index contributed by atoms with van der Waals surface area (Å²) in [4.78, 5) is 15.0. The highest BCUT2D eigenvalue weighted by molar-refractivity contribution is 5.98. The smallest absolute Gasteiger partial charge is 0.247 e. The summed E-state index contributed by atoms with van der Waals surface area (Å²) in [5, 5.41) is 6.14. The molecule has 0 radical (unpaired) electrons. The third kappa shape index (κ3) is 3.06. The van der Waals surface area contributed by atoms with Crippen LogP contribution >= 0.6 is 0 Å². The zero-order chi connectivity index (χ0) is 17.4. The number of nitrogens with one attached hydrogen (secondary N) is 2.